The van der Waals surface area contributed by atoms with Crippen molar-refractivity contribution in [2.75, 3.05) is 39.8 Å². The first-order valence-electron chi connectivity index (χ1n) is 4.31. The first-order valence-corrected chi connectivity index (χ1v) is 4.31. The van der Waals surface area contributed by atoms with Gasteiger partial charge in [-0.25, -0.2) is 0 Å². The lowest BCUT2D eigenvalue weighted by Gasteiger charge is -2.01. The van der Waals surface area contributed by atoms with Gasteiger partial charge in [0.25, 0.3) is 0 Å². The van der Waals surface area contributed by atoms with Crippen LogP contribution in [0.5, 0.6) is 0 Å². The van der Waals surface area contributed by atoms with Crippen LogP contribution in [0.1, 0.15) is 6.92 Å². The van der Waals surface area contributed by atoms with Gasteiger partial charge in [-0.2, -0.15) is 0 Å². The van der Waals surface area contributed by atoms with Gasteiger partial charge in [-0.3, -0.25) is 9.68 Å². The van der Waals surface area contributed by atoms with Crippen molar-refractivity contribution in [3.05, 3.63) is 0 Å². The second-order valence-electron chi connectivity index (χ2n) is 1.89. The van der Waals surface area contributed by atoms with Gasteiger partial charge in [0.2, 0.25) is 0 Å². The van der Waals surface area contributed by atoms with Crippen LogP contribution in [0.2, 0.25) is 0 Å². The number of nitrogens with two attached hydrogens (primary N) is 1. The molecule has 7 nitrogen and oxygen atoms in total. The summed E-state index contributed by atoms with van der Waals surface area (Å²) in [4.78, 5) is 8.90. The van der Waals surface area contributed by atoms with Crippen molar-refractivity contribution < 1.29 is 24.6 Å². The van der Waals surface area contributed by atoms with Gasteiger partial charge in [0.15, 0.2) is 0 Å². The Hall–Kier alpha value is -0.280. The van der Waals surface area contributed by atoms with Crippen LogP contribution < -0.4 is 11.4 Å². The normalized spacial score (nSPS) is 9.43. The second kappa shape index (κ2) is 18.5. The van der Waals surface area contributed by atoms with E-state index in [9.17, 15) is 0 Å². The number of hydrogen-bond acceptors (Lipinski definition) is 7. The molecule has 0 aliphatic heterocycles. The highest BCUT2D eigenvalue weighted by Gasteiger charge is 1.83. The third-order valence-electron chi connectivity index (χ3n) is 0.827. The minimum absolute atomic E-state index is 0.0600. The number of nitrogens with one attached hydrogen (secondary N) is 1. The maximum Gasteiger partial charge on any atom is 0.0940 e. The minimum atomic E-state index is -0.0600. The molecule has 0 aliphatic carbocycles. The molecule has 14 heavy (non-hydrogen) atoms. The van der Waals surface area contributed by atoms with Crippen molar-refractivity contribution in [3.63, 3.8) is 0 Å². The van der Waals surface area contributed by atoms with Crippen LogP contribution in [0.25, 0.3) is 0 Å². The molecule has 0 radical (unpaired) electrons. The van der Waals surface area contributed by atoms with Gasteiger partial charge in [-0.15, -0.1) is 0 Å². The third-order valence-corrected chi connectivity index (χ3v) is 0.827. The minimum Gasteiger partial charge on any atom is -0.394 e. The Bertz CT molecular complexity index is 78.5. The summed E-state index contributed by atoms with van der Waals surface area (Å²) >= 11 is 0. The van der Waals surface area contributed by atoms with E-state index in [2.05, 4.69) is 20.1 Å². The van der Waals surface area contributed by atoms with E-state index >= 15 is 0 Å². The van der Waals surface area contributed by atoms with Crippen molar-refractivity contribution in [2.24, 2.45) is 5.73 Å². The summed E-state index contributed by atoms with van der Waals surface area (Å²) < 4.78 is 4.61. The molecule has 0 heterocycles. The number of ether oxygens (including phenoxy) is 1. The number of aliphatic hydroxyl groups is 2. The Balaban J connectivity index is 0. The zero-order chi connectivity index (χ0) is 11.1. The quantitative estimate of drug-likeness (QED) is 0.217. The fourth-order valence-electron chi connectivity index (χ4n) is 0.334. The van der Waals surface area contributed by atoms with E-state index in [1.165, 1.54) is 0 Å². The summed E-state index contributed by atoms with van der Waals surface area (Å²) in [6.07, 6.45) is 0. The molecule has 0 amide bonds. The van der Waals surface area contributed by atoms with Gasteiger partial charge >= 0.3 is 0 Å². The molecule has 0 spiro atoms. The lowest BCUT2D eigenvalue weighted by molar-refractivity contribution is -0.178. The molecule has 0 aromatic rings. The van der Waals surface area contributed by atoms with Gasteiger partial charge in [-0.1, -0.05) is 5.64 Å². The molecule has 0 saturated heterocycles. The topological polar surface area (TPSA) is 106 Å². The van der Waals surface area contributed by atoms with Crippen molar-refractivity contribution >= 4 is 0 Å². The van der Waals surface area contributed by atoms with E-state index in [1.807, 2.05) is 6.92 Å². The molecule has 0 aromatic carbocycles. The highest BCUT2D eigenvalue weighted by molar-refractivity contribution is 4.16. The molecule has 7 heteroatoms. The van der Waals surface area contributed by atoms with Crippen molar-refractivity contribution in [1.82, 2.24) is 5.64 Å². The number of hydrogen-bond donors (Lipinski definition) is 4. The van der Waals surface area contributed by atoms with E-state index in [-0.39, 0.29) is 26.4 Å². The summed E-state index contributed by atoms with van der Waals surface area (Å²) in [6.45, 7) is 3.20. The van der Waals surface area contributed by atoms with Gasteiger partial charge in [0.1, 0.15) is 0 Å². The standard InChI is InChI=1S/C4H11NO4.C3H9NO/c6-1-3-8-5-9-4-2-7;1-2-5-3-4/h5-7H,1-4H2;2-4H2,1H3. The predicted molar refractivity (Wildman–Crippen MR) is 49.9 cm³/mol. The highest BCUT2D eigenvalue weighted by atomic mass is 16.9. The lowest BCUT2D eigenvalue weighted by Crippen LogP contribution is -2.19. The van der Waals surface area contributed by atoms with Crippen LogP contribution in [-0.4, -0.2) is 50.0 Å². The molecule has 0 bridgehead atoms. The zero-order valence-electron chi connectivity index (χ0n) is 8.44. The van der Waals surface area contributed by atoms with Gasteiger partial charge < -0.3 is 20.7 Å². The molecule has 0 unspecified atom stereocenters. The zero-order valence-corrected chi connectivity index (χ0v) is 8.44. The van der Waals surface area contributed by atoms with E-state index in [0.717, 1.165) is 6.61 Å². The maximum atomic E-state index is 8.15. The summed E-state index contributed by atoms with van der Waals surface area (Å²) in [5.74, 6) is 0. The lowest BCUT2D eigenvalue weighted by atomic mass is 10.8. The summed E-state index contributed by atoms with van der Waals surface area (Å²) in [6, 6.07) is 0. The summed E-state index contributed by atoms with van der Waals surface area (Å²) in [7, 11) is 0. The first-order chi connectivity index (χ1) is 6.83. The number of rotatable bonds is 8. The van der Waals surface area contributed by atoms with E-state index in [4.69, 9.17) is 15.9 Å². The first kappa shape index (κ1) is 16.2. The maximum absolute atomic E-state index is 8.15. The van der Waals surface area contributed by atoms with E-state index in [0.29, 0.717) is 6.73 Å². The molecule has 0 aliphatic rings. The SMILES string of the molecule is CCOCN.OCCONOCCO. The van der Waals surface area contributed by atoms with Crippen LogP contribution in [0.3, 0.4) is 0 Å². The molecule has 0 saturated carbocycles. The van der Waals surface area contributed by atoms with Gasteiger partial charge in [0, 0.05) is 6.61 Å². The smallest absolute Gasteiger partial charge is 0.0940 e. The average molecular weight is 212 g/mol. The van der Waals surface area contributed by atoms with Crippen molar-refractivity contribution in [3.8, 4) is 0 Å². The Labute approximate surface area is 83.7 Å². The van der Waals surface area contributed by atoms with Gasteiger partial charge in [0.05, 0.1) is 33.2 Å². The molecule has 0 atom stereocenters. The summed E-state index contributed by atoms with van der Waals surface area (Å²) in [5.41, 5.74) is 6.98. The fraction of sp³-hybridized carbons (Fsp3) is 1.00. The second-order valence-corrected chi connectivity index (χ2v) is 1.89. The molecule has 0 fully saturated rings. The van der Waals surface area contributed by atoms with E-state index < -0.39 is 0 Å². The summed E-state index contributed by atoms with van der Waals surface area (Å²) in [5, 5.41) is 16.3. The molecule has 88 valence electrons. The third kappa shape index (κ3) is 22.6. The monoisotopic (exact) mass is 212 g/mol. The van der Waals surface area contributed by atoms with Crippen LogP contribution in [0.4, 0.5) is 0 Å². The van der Waals surface area contributed by atoms with E-state index in [1.54, 1.807) is 0 Å². The Morgan fingerprint density at radius 1 is 1.14 bits per heavy atom. The molecular formula is C7H20N2O5. The van der Waals surface area contributed by atoms with Crippen LogP contribution >= 0.6 is 0 Å². The van der Waals surface area contributed by atoms with Crippen molar-refractivity contribution in [2.45, 2.75) is 6.92 Å². The fourth-order valence-corrected chi connectivity index (χ4v) is 0.334. The Morgan fingerprint density at radius 2 is 1.64 bits per heavy atom. The van der Waals surface area contributed by atoms with Gasteiger partial charge in [-0.05, 0) is 6.92 Å². The Morgan fingerprint density at radius 3 is 1.86 bits per heavy atom. The van der Waals surface area contributed by atoms with Crippen LogP contribution in [0, 0.1) is 0 Å². The molecule has 0 rings (SSSR count). The largest absolute Gasteiger partial charge is 0.394 e. The highest BCUT2D eigenvalue weighted by Crippen LogP contribution is 1.67. The van der Waals surface area contributed by atoms with Crippen LogP contribution in [-0.2, 0) is 14.4 Å². The average Bonchev–Trinajstić information content (AvgIpc) is 2.20. The number of aliphatic hydroxyl groups excluding tert-OH is 2. The van der Waals surface area contributed by atoms with Crippen LogP contribution in [0.15, 0.2) is 0 Å². The molecule has 5 N–H and O–H groups in total. The Kier molecular flexibility index (Phi) is 21.3. The van der Waals surface area contributed by atoms with Crippen molar-refractivity contribution in [1.29, 1.82) is 0 Å². The molecular weight excluding hydrogens is 192 g/mol. The predicted octanol–water partition coefficient (Wildman–Crippen LogP) is -1.64. The molecule has 0 aromatic heterocycles.